The standard InChI is InChI=1S/C17H12N2OS/c1-2-14-13(8-7-12-5-3-4-6-15(12)14)9-18-17(20)16-10-21-11-19-16/h1,3-8,10-11H,9H2,(H,18,20). The Morgan fingerprint density at radius 2 is 2.14 bits per heavy atom. The summed E-state index contributed by atoms with van der Waals surface area (Å²) in [6.07, 6.45) is 5.64. The van der Waals surface area contributed by atoms with Crippen LogP contribution in [0.25, 0.3) is 10.8 Å². The SMILES string of the molecule is C#Cc1c(CNC(=O)c2cscn2)ccc2ccccc12. The zero-order valence-electron chi connectivity index (χ0n) is 11.2. The zero-order valence-corrected chi connectivity index (χ0v) is 12.0. The molecule has 2 aromatic carbocycles. The van der Waals surface area contributed by atoms with Crippen LogP contribution >= 0.6 is 11.3 Å². The van der Waals surface area contributed by atoms with Crippen LogP contribution < -0.4 is 5.32 Å². The van der Waals surface area contributed by atoms with Crippen molar-refractivity contribution in [2.24, 2.45) is 0 Å². The van der Waals surface area contributed by atoms with Gasteiger partial charge in [0.1, 0.15) is 5.69 Å². The monoisotopic (exact) mass is 292 g/mol. The maximum absolute atomic E-state index is 11.9. The summed E-state index contributed by atoms with van der Waals surface area (Å²) in [6, 6.07) is 11.9. The second kappa shape index (κ2) is 5.78. The summed E-state index contributed by atoms with van der Waals surface area (Å²) in [5, 5.41) is 6.70. The molecule has 21 heavy (non-hydrogen) atoms. The molecule has 0 spiro atoms. The second-order valence-electron chi connectivity index (χ2n) is 4.52. The normalized spacial score (nSPS) is 10.2. The summed E-state index contributed by atoms with van der Waals surface area (Å²) in [5.41, 5.74) is 3.83. The number of aromatic nitrogens is 1. The van der Waals surface area contributed by atoms with Crippen molar-refractivity contribution in [1.82, 2.24) is 10.3 Å². The quantitative estimate of drug-likeness (QED) is 0.753. The molecule has 3 nitrogen and oxygen atoms in total. The van der Waals surface area contributed by atoms with Crippen molar-refractivity contribution in [2.45, 2.75) is 6.54 Å². The Morgan fingerprint density at radius 1 is 1.29 bits per heavy atom. The molecule has 0 unspecified atom stereocenters. The Labute approximate surface area is 126 Å². The first-order valence-corrected chi connectivity index (χ1v) is 7.37. The molecule has 4 heteroatoms. The van der Waals surface area contributed by atoms with Gasteiger partial charge in [0.2, 0.25) is 0 Å². The van der Waals surface area contributed by atoms with E-state index >= 15 is 0 Å². The molecule has 0 atom stereocenters. The Hall–Kier alpha value is -2.64. The van der Waals surface area contributed by atoms with Crippen LogP contribution in [0.5, 0.6) is 0 Å². The van der Waals surface area contributed by atoms with Gasteiger partial charge >= 0.3 is 0 Å². The van der Waals surface area contributed by atoms with E-state index in [1.807, 2.05) is 36.4 Å². The van der Waals surface area contributed by atoms with Gasteiger partial charge in [0, 0.05) is 17.5 Å². The fraction of sp³-hybridized carbons (Fsp3) is 0.0588. The van der Waals surface area contributed by atoms with E-state index in [0.717, 1.165) is 21.9 Å². The van der Waals surface area contributed by atoms with Crippen LogP contribution in [0.2, 0.25) is 0 Å². The second-order valence-corrected chi connectivity index (χ2v) is 5.24. The number of nitrogens with one attached hydrogen (secondary N) is 1. The summed E-state index contributed by atoms with van der Waals surface area (Å²) >= 11 is 1.39. The highest BCUT2D eigenvalue weighted by atomic mass is 32.1. The predicted octanol–water partition coefficient (Wildman–Crippen LogP) is 3.21. The lowest BCUT2D eigenvalue weighted by atomic mass is 9.99. The predicted molar refractivity (Wildman–Crippen MR) is 85.2 cm³/mol. The van der Waals surface area contributed by atoms with Gasteiger partial charge in [0.25, 0.3) is 5.91 Å². The summed E-state index contributed by atoms with van der Waals surface area (Å²) < 4.78 is 0. The van der Waals surface area contributed by atoms with Crippen molar-refractivity contribution >= 4 is 28.0 Å². The molecule has 3 rings (SSSR count). The van der Waals surface area contributed by atoms with Gasteiger partial charge in [0.15, 0.2) is 0 Å². The number of hydrogen-bond acceptors (Lipinski definition) is 3. The van der Waals surface area contributed by atoms with E-state index in [9.17, 15) is 4.79 Å². The fourth-order valence-electron chi connectivity index (χ4n) is 2.23. The zero-order chi connectivity index (χ0) is 14.7. The van der Waals surface area contributed by atoms with Crippen LogP contribution in [0.1, 0.15) is 21.6 Å². The van der Waals surface area contributed by atoms with E-state index < -0.39 is 0 Å². The van der Waals surface area contributed by atoms with Gasteiger partial charge in [-0.25, -0.2) is 4.98 Å². The lowest BCUT2D eigenvalue weighted by molar-refractivity contribution is 0.0946. The molecule has 1 aromatic heterocycles. The van der Waals surface area contributed by atoms with Gasteiger partial charge in [-0.1, -0.05) is 42.3 Å². The first-order valence-electron chi connectivity index (χ1n) is 6.43. The number of terminal acetylenes is 1. The minimum absolute atomic E-state index is 0.188. The molecule has 3 aromatic rings. The fourth-order valence-corrected chi connectivity index (χ4v) is 2.76. The minimum Gasteiger partial charge on any atom is -0.347 e. The highest BCUT2D eigenvalue weighted by molar-refractivity contribution is 7.07. The molecule has 0 saturated carbocycles. The number of benzene rings is 2. The van der Waals surface area contributed by atoms with Gasteiger partial charge in [-0.3, -0.25) is 4.79 Å². The molecule has 0 saturated heterocycles. The van der Waals surface area contributed by atoms with Gasteiger partial charge in [0.05, 0.1) is 5.51 Å². The lowest BCUT2D eigenvalue weighted by Gasteiger charge is -2.09. The molecule has 0 radical (unpaired) electrons. The first kappa shape index (κ1) is 13.3. The van der Waals surface area contributed by atoms with Gasteiger partial charge in [-0.05, 0) is 16.3 Å². The van der Waals surface area contributed by atoms with E-state index in [-0.39, 0.29) is 5.91 Å². The van der Waals surface area contributed by atoms with E-state index in [1.54, 1.807) is 10.9 Å². The molecular formula is C17H12N2OS. The smallest absolute Gasteiger partial charge is 0.271 e. The third kappa shape index (κ3) is 2.64. The average Bonchev–Trinajstić information content (AvgIpc) is 3.06. The number of carbonyl (C=O) groups excluding carboxylic acids is 1. The van der Waals surface area contributed by atoms with Crippen LogP contribution in [-0.4, -0.2) is 10.9 Å². The number of fused-ring (bicyclic) bond motifs is 1. The van der Waals surface area contributed by atoms with E-state index in [4.69, 9.17) is 6.42 Å². The van der Waals surface area contributed by atoms with E-state index in [0.29, 0.717) is 12.2 Å². The summed E-state index contributed by atoms with van der Waals surface area (Å²) in [7, 11) is 0. The van der Waals surface area contributed by atoms with Crippen molar-refractivity contribution in [1.29, 1.82) is 0 Å². The molecule has 0 bridgehead atoms. The molecule has 0 fully saturated rings. The topological polar surface area (TPSA) is 42.0 Å². The van der Waals surface area contributed by atoms with Crippen molar-refractivity contribution in [3.63, 3.8) is 0 Å². The summed E-state index contributed by atoms with van der Waals surface area (Å²) in [4.78, 5) is 15.9. The van der Waals surface area contributed by atoms with Crippen LogP contribution in [0, 0.1) is 12.3 Å². The van der Waals surface area contributed by atoms with Crippen molar-refractivity contribution in [2.75, 3.05) is 0 Å². The maximum Gasteiger partial charge on any atom is 0.271 e. The van der Waals surface area contributed by atoms with Crippen molar-refractivity contribution in [3.8, 4) is 12.3 Å². The third-order valence-electron chi connectivity index (χ3n) is 3.26. The Bertz CT molecular complexity index is 832. The molecule has 1 heterocycles. The average molecular weight is 292 g/mol. The number of nitrogens with zero attached hydrogens (tertiary/aromatic N) is 1. The number of rotatable bonds is 3. The van der Waals surface area contributed by atoms with Gasteiger partial charge in [-0.15, -0.1) is 17.8 Å². The maximum atomic E-state index is 11.9. The molecule has 0 aliphatic carbocycles. The van der Waals surface area contributed by atoms with Crippen molar-refractivity contribution in [3.05, 3.63) is 64.1 Å². The molecule has 1 amide bonds. The largest absolute Gasteiger partial charge is 0.347 e. The van der Waals surface area contributed by atoms with Gasteiger partial charge < -0.3 is 5.32 Å². The highest BCUT2D eigenvalue weighted by Gasteiger charge is 2.10. The molecule has 0 aliphatic heterocycles. The molecule has 1 N–H and O–H groups in total. The molecular weight excluding hydrogens is 280 g/mol. The van der Waals surface area contributed by atoms with E-state index in [1.165, 1.54) is 11.3 Å². The highest BCUT2D eigenvalue weighted by Crippen LogP contribution is 2.21. The van der Waals surface area contributed by atoms with Crippen LogP contribution in [0.3, 0.4) is 0 Å². The van der Waals surface area contributed by atoms with E-state index in [2.05, 4.69) is 16.2 Å². The summed E-state index contributed by atoms with van der Waals surface area (Å²) in [6.45, 7) is 0.390. The number of amides is 1. The van der Waals surface area contributed by atoms with Crippen LogP contribution in [-0.2, 0) is 6.54 Å². The first-order chi connectivity index (χ1) is 10.3. The Balaban J connectivity index is 1.88. The number of thiazole rings is 1. The van der Waals surface area contributed by atoms with Crippen molar-refractivity contribution < 1.29 is 4.79 Å². The molecule has 0 aliphatic rings. The lowest BCUT2D eigenvalue weighted by Crippen LogP contribution is -2.23. The minimum atomic E-state index is -0.188. The van der Waals surface area contributed by atoms with Gasteiger partial charge in [-0.2, -0.15) is 0 Å². The summed E-state index contributed by atoms with van der Waals surface area (Å²) in [5.74, 6) is 2.54. The van der Waals surface area contributed by atoms with Crippen LogP contribution in [0.15, 0.2) is 47.3 Å². The number of hydrogen-bond donors (Lipinski definition) is 1. The third-order valence-corrected chi connectivity index (χ3v) is 3.85. The van der Waals surface area contributed by atoms with Crippen LogP contribution in [0.4, 0.5) is 0 Å². The Kier molecular flexibility index (Phi) is 3.67. The number of carbonyl (C=O) groups is 1. The Morgan fingerprint density at radius 3 is 2.90 bits per heavy atom. The molecule has 102 valence electrons.